The van der Waals surface area contributed by atoms with Gasteiger partial charge in [0.15, 0.2) is 0 Å². The molecule has 0 radical (unpaired) electrons. The largest absolute Gasteiger partial charge is 0.446 e. The Balaban J connectivity index is 2.69. The van der Waals surface area contributed by atoms with Crippen LogP contribution in [-0.4, -0.2) is 51.1 Å². The molecule has 1 fully saturated rings. The molecule has 7 nitrogen and oxygen atoms in total. The maximum Gasteiger partial charge on any atom is 0.422 e. The van der Waals surface area contributed by atoms with Crippen LogP contribution in [0.2, 0.25) is 0 Å². The fraction of sp³-hybridized carbons (Fsp3) is 0.917. The first kappa shape index (κ1) is 17.2. The molecular weight excluding hydrogens is 282 g/mol. The molecule has 1 amide bonds. The van der Waals surface area contributed by atoms with E-state index in [0.29, 0.717) is 6.54 Å². The van der Waals surface area contributed by atoms with Crippen LogP contribution in [0.1, 0.15) is 39.5 Å². The lowest BCUT2D eigenvalue weighted by Crippen LogP contribution is -2.51. The highest BCUT2D eigenvalue weighted by atomic mass is 32.2. The fourth-order valence-corrected chi connectivity index (χ4v) is 3.64. The Morgan fingerprint density at radius 2 is 2.10 bits per heavy atom. The van der Waals surface area contributed by atoms with E-state index >= 15 is 0 Å². The molecule has 20 heavy (non-hydrogen) atoms. The molecule has 0 spiro atoms. The smallest absolute Gasteiger partial charge is 0.422 e. The third-order valence-electron chi connectivity index (χ3n) is 3.16. The Kier molecular flexibility index (Phi) is 6.70. The maximum absolute atomic E-state index is 12.2. The van der Waals surface area contributed by atoms with Gasteiger partial charge in [-0.1, -0.05) is 6.42 Å². The highest BCUT2D eigenvalue weighted by Crippen LogP contribution is 2.22. The minimum atomic E-state index is -3.83. The van der Waals surface area contributed by atoms with E-state index in [-0.39, 0.29) is 12.1 Å². The molecule has 8 heteroatoms. The van der Waals surface area contributed by atoms with Crippen LogP contribution in [0.5, 0.6) is 0 Å². The number of carbonyl (C=O) groups excluding carboxylic acids is 1. The van der Waals surface area contributed by atoms with Crippen LogP contribution in [0.25, 0.3) is 0 Å². The van der Waals surface area contributed by atoms with Gasteiger partial charge < -0.3 is 10.1 Å². The van der Waals surface area contributed by atoms with Crippen molar-refractivity contribution in [3.63, 3.8) is 0 Å². The fourth-order valence-electron chi connectivity index (χ4n) is 2.29. The van der Waals surface area contributed by atoms with Crippen molar-refractivity contribution in [1.82, 2.24) is 14.3 Å². The molecule has 0 aromatic heterocycles. The Morgan fingerprint density at radius 1 is 1.40 bits per heavy atom. The topological polar surface area (TPSA) is 87.7 Å². The van der Waals surface area contributed by atoms with E-state index in [4.69, 9.17) is 4.74 Å². The summed E-state index contributed by atoms with van der Waals surface area (Å²) in [6.45, 7) is 4.53. The predicted molar refractivity (Wildman–Crippen MR) is 76.6 cm³/mol. The van der Waals surface area contributed by atoms with Gasteiger partial charge in [0, 0.05) is 12.6 Å². The molecule has 0 aromatic rings. The standard InChI is InChI=1S/C12H25N3O4S/c1-10(2)19-12(16)14-20(17,18)15-9-5-4-6-11(15)7-8-13-3/h10-11,13H,4-9H2,1-3H3,(H,14,16). The number of piperidine rings is 1. The van der Waals surface area contributed by atoms with E-state index in [2.05, 4.69) is 5.32 Å². The molecule has 0 aliphatic carbocycles. The molecule has 2 N–H and O–H groups in total. The second kappa shape index (κ2) is 7.80. The van der Waals surface area contributed by atoms with Crippen LogP contribution in [0, 0.1) is 0 Å². The van der Waals surface area contributed by atoms with E-state index in [1.165, 1.54) is 4.31 Å². The summed E-state index contributed by atoms with van der Waals surface area (Å²) in [4.78, 5) is 11.5. The van der Waals surface area contributed by atoms with E-state index in [1.807, 2.05) is 11.8 Å². The highest BCUT2D eigenvalue weighted by molar-refractivity contribution is 7.87. The zero-order valence-electron chi connectivity index (χ0n) is 12.4. The summed E-state index contributed by atoms with van der Waals surface area (Å²) < 4.78 is 32.7. The van der Waals surface area contributed by atoms with Crippen LogP contribution in [0.15, 0.2) is 0 Å². The van der Waals surface area contributed by atoms with Crippen molar-refractivity contribution in [2.45, 2.75) is 51.7 Å². The van der Waals surface area contributed by atoms with Crippen LogP contribution in [0.3, 0.4) is 0 Å². The number of nitrogens with zero attached hydrogens (tertiary/aromatic N) is 1. The molecule has 1 aliphatic rings. The van der Waals surface area contributed by atoms with Crippen molar-refractivity contribution in [3.8, 4) is 0 Å². The first-order valence-corrected chi connectivity index (χ1v) is 8.45. The van der Waals surface area contributed by atoms with Gasteiger partial charge in [-0.25, -0.2) is 9.52 Å². The molecule has 1 saturated heterocycles. The SMILES string of the molecule is CNCCC1CCCCN1S(=O)(=O)NC(=O)OC(C)C. The quantitative estimate of drug-likeness (QED) is 0.759. The van der Waals surface area contributed by atoms with Crippen LogP contribution < -0.4 is 10.0 Å². The van der Waals surface area contributed by atoms with E-state index in [9.17, 15) is 13.2 Å². The lowest BCUT2D eigenvalue weighted by atomic mass is 10.0. The Hall–Kier alpha value is -0.860. The van der Waals surface area contributed by atoms with Crippen molar-refractivity contribution in [3.05, 3.63) is 0 Å². The summed E-state index contributed by atoms with van der Waals surface area (Å²) in [5.74, 6) is 0. The minimum Gasteiger partial charge on any atom is -0.446 e. The number of carbonyl (C=O) groups is 1. The predicted octanol–water partition coefficient (Wildman–Crippen LogP) is 0.830. The number of ether oxygens (including phenoxy) is 1. The molecule has 0 bridgehead atoms. The molecule has 1 unspecified atom stereocenters. The number of hydrogen-bond acceptors (Lipinski definition) is 5. The third-order valence-corrected chi connectivity index (χ3v) is 4.69. The minimum absolute atomic E-state index is 0.0689. The Morgan fingerprint density at radius 3 is 2.70 bits per heavy atom. The van der Waals surface area contributed by atoms with Crippen molar-refractivity contribution >= 4 is 16.3 Å². The van der Waals surface area contributed by atoms with Gasteiger partial charge in [0.1, 0.15) is 0 Å². The average molecular weight is 307 g/mol. The van der Waals surface area contributed by atoms with Gasteiger partial charge in [0.25, 0.3) is 0 Å². The van der Waals surface area contributed by atoms with E-state index in [0.717, 1.165) is 32.2 Å². The molecule has 0 aromatic carbocycles. The molecule has 0 saturated carbocycles. The first-order chi connectivity index (χ1) is 9.36. The van der Waals surface area contributed by atoms with Gasteiger partial charge in [-0.3, -0.25) is 0 Å². The zero-order chi connectivity index (χ0) is 15.2. The first-order valence-electron chi connectivity index (χ1n) is 7.01. The lowest BCUT2D eigenvalue weighted by molar-refractivity contribution is 0.120. The lowest BCUT2D eigenvalue weighted by Gasteiger charge is -2.34. The van der Waals surface area contributed by atoms with Crippen LogP contribution >= 0.6 is 0 Å². The van der Waals surface area contributed by atoms with Gasteiger partial charge in [-0.15, -0.1) is 0 Å². The summed E-state index contributed by atoms with van der Waals surface area (Å²) >= 11 is 0. The molecule has 1 heterocycles. The normalized spacial score (nSPS) is 20.9. The Labute approximate surface area is 121 Å². The van der Waals surface area contributed by atoms with Crippen molar-refractivity contribution in [2.24, 2.45) is 0 Å². The summed E-state index contributed by atoms with van der Waals surface area (Å²) in [6, 6.07) is -0.0689. The number of nitrogens with one attached hydrogen (secondary N) is 2. The van der Waals surface area contributed by atoms with E-state index in [1.54, 1.807) is 13.8 Å². The highest BCUT2D eigenvalue weighted by Gasteiger charge is 2.33. The summed E-state index contributed by atoms with van der Waals surface area (Å²) in [5.41, 5.74) is 0. The van der Waals surface area contributed by atoms with Crippen molar-refractivity contribution in [2.75, 3.05) is 20.1 Å². The van der Waals surface area contributed by atoms with Gasteiger partial charge >= 0.3 is 16.3 Å². The van der Waals surface area contributed by atoms with Crippen molar-refractivity contribution < 1.29 is 17.9 Å². The Bertz CT molecular complexity index is 411. The molecule has 1 rings (SSSR count). The maximum atomic E-state index is 12.2. The summed E-state index contributed by atoms with van der Waals surface area (Å²) in [5, 5.41) is 3.02. The van der Waals surface area contributed by atoms with Crippen LogP contribution in [-0.2, 0) is 14.9 Å². The molecule has 118 valence electrons. The van der Waals surface area contributed by atoms with Gasteiger partial charge in [0.2, 0.25) is 0 Å². The summed E-state index contributed by atoms with van der Waals surface area (Å²) in [6.07, 6.45) is 2.11. The second-order valence-electron chi connectivity index (χ2n) is 5.21. The number of amides is 1. The number of rotatable bonds is 6. The zero-order valence-corrected chi connectivity index (χ0v) is 13.2. The third kappa shape index (κ3) is 5.26. The van der Waals surface area contributed by atoms with Gasteiger partial charge in [0.05, 0.1) is 6.10 Å². The van der Waals surface area contributed by atoms with Gasteiger partial charge in [-0.2, -0.15) is 12.7 Å². The monoisotopic (exact) mass is 307 g/mol. The number of hydrogen-bond donors (Lipinski definition) is 2. The molecular formula is C12H25N3O4S. The van der Waals surface area contributed by atoms with Crippen LogP contribution in [0.4, 0.5) is 4.79 Å². The van der Waals surface area contributed by atoms with E-state index < -0.39 is 16.3 Å². The average Bonchev–Trinajstić information content (AvgIpc) is 2.34. The summed E-state index contributed by atoms with van der Waals surface area (Å²) in [7, 11) is -1.99. The second-order valence-corrected chi connectivity index (χ2v) is 6.84. The van der Waals surface area contributed by atoms with Crippen molar-refractivity contribution in [1.29, 1.82) is 0 Å². The molecule has 1 aliphatic heterocycles. The molecule has 1 atom stereocenters. The van der Waals surface area contributed by atoms with Gasteiger partial charge in [-0.05, 0) is 46.7 Å².